The second kappa shape index (κ2) is 5.36. The Hall–Kier alpha value is -0.830. The Morgan fingerprint density at radius 1 is 1.27 bits per heavy atom. The predicted molar refractivity (Wildman–Crippen MR) is 86.2 cm³/mol. The maximum atomic E-state index is 11.9. The highest BCUT2D eigenvalue weighted by Crippen LogP contribution is 2.57. The van der Waals surface area contributed by atoms with Gasteiger partial charge >= 0.3 is 5.97 Å². The second-order valence-corrected chi connectivity index (χ2v) is 8.29. The van der Waals surface area contributed by atoms with Crippen LogP contribution in [0.3, 0.4) is 0 Å². The summed E-state index contributed by atoms with van der Waals surface area (Å²) in [5.41, 5.74) is 0.800. The molecule has 22 heavy (non-hydrogen) atoms. The first-order valence-electron chi connectivity index (χ1n) is 8.88. The van der Waals surface area contributed by atoms with Crippen molar-refractivity contribution in [2.75, 3.05) is 0 Å². The van der Waals surface area contributed by atoms with Gasteiger partial charge in [-0.15, -0.1) is 0 Å². The Morgan fingerprint density at radius 2 is 2.00 bits per heavy atom. The standard InChI is InChI=1S/C19H30O3/c1-5-15-17-13(11-16(20)22-17)6-8-18(3)12(2)10-14(18)7-9-19(15,4)21/h13-15,17,21H,2,5-11H2,1,3-4H3. The van der Waals surface area contributed by atoms with Crippen LogP contribution in [0, 0.1) is 23.2 Å². The van der Waals surface area contributed by atoms with E-state index in [1.165, 1.54) is 5.57 Å². The maximum Gasteiger partial charge on any atom is 0.306 e. The average Bonchev–Trinajstić information content (AvgIpc) is 2.81. The SMILES string of the molecule is C=C1CC2CCC(C)(O)C(CC)C3OC(=O)CC3CCC12C. The molecular formula is C19H30O3. The summed E-state index contributed by atoms with van der Waals surface area (Å²) in [7, 11) is 0. The van der Waals surface area contributed by atoms with Gasteiger partial charge in [-0.05, 0) is 56.8 Å². The fraction of sp³-hybridized carbons (Fsp3) is 0.842. The minimum absolute atomic E-state index is 0.0524. The van der Waals surface area contributed by atoms with Crippen molar-refractivity contribution in [1.29, 1.82) is 0 Å². The zero-order chi connectivity index (χ0) is 16.1. The summed E-state index contributed by atoms with van der Waals surface area (Å²) in [5.74, 6) is 0.862. The van der Waals surface area contributed by atoms with Crippen LogP contribution in [0.25, 0.3) is 0 Å². The normalized spacial score (nSPS) is 48.9. The topological polar surface area (TPSA) is 46.5 Å². The molecule has 3 fully saturated rings. The van der Waals surface area contributed by atoms with Gasteiger partial charge in [0.1, 0.15) is 6.10 Å². The first-order chi connectivity index (χ1) is 10.3. The first-order valence-corrected chi connectivity index (χ1v) is 8.88. The highest BCUT2D eigenvalue weighted by atomic mass is 16.6. The summed E-state index contributed by atoms with van der Waals surface area (Å²) in [4.78, 5) is 11.9. The molecular weight excluding hydrogens is 276 g/mol. The van der Waals surface area contributed by atoms with Crippen LogP contribution in [-0.4, -0.2) is 22.8 Å². The molecule has 0 aromatic heterocycles. The number of carbonyl (C=O) groups is 1. The van der Waals surface area contributed by atoms with E-state index in [0.29, 0.717) is 12.3 Å². The van der Waals surface area contributed by atoms with Crippen LogP contribution >= 0.6 is 0 Å². The Morgan fingerprint density at radius 3 is 2.64 bits per heavy atom. The van der Waals surface area contributed by atoms with Crippen molar-refractivity contribution in [2.45, 2.75) is 77.4 Å². The maximum absolute atomic E-state index is 11.9. The van der Waals surface area contributed by atoms with Crippen LogP contribution in [0.4, 0.5) is 0 Å². The number of aliphatic hydroxyl groups is 1. The van der Waals surface area contributed by atoms with Crippen molar-refractivity contribution in [3.8, 4) is 0 Å². The molecule has 124 valence electrons. The Bertz CT molecular complexity index is 481. The fourth-order valence-corrected chi connectivity index (χ4v) is 5.18. The van der Waals surface area contributed by atoms with Gasteiger partial charge in [0.2, 0.25) is 0 Å². The Kier molecular flexibility index (Phi) is 3.91. The van der Waals surface area contributed by atoms with Crippen LogP contribution in [0.15, 0.2) is 12.2 Å². The molecule has 0 amide bonds. The molecule has 0 spiro atoms. The largest absolute Gasteiger partial charge is 0.462 e. The van der Waals surface area contributed by atoms with Crippen molar-refractivity contribution < 1.29 is 14.6 Å². The first kappa shape index (κ1) is 16.0. The van der Waals surface area contributed by atoms with E-state index in [9.17, 15) is 9.90 Å². The number of hydrogen-bond acceptors (Lipinski definition) is 3. The van der Waals surface area contributed by atoms with Gasteiger partial charge in [0, 0.05) is 11.8 Å². The van der Waals surface area contributed by atoms with Crippen LogP contribution in [0.5, 0.6) is 0 Å². The van der Waals surface area contributed by atoms with E-state index in [1.54, 1.807) is 0 Å². The predicted octanol–water partition coefficient (Wildman–Crippen LogP) is 3.85. The molecule has 2 aliphatic carbocycles. The molecule has 0 radical (unpaired) electrons. The number of hydrogen-bond donors (Lipinski definition) is 1. The smallest absolute Gasteiger partial charge is 0.306 e. The van der Waals surface area contributed by atoms with Crippen molar-refractivity contribution in [3.63, 3.8) is 0 Å². The lowest BCUT2D eigenvalue weighted by Crippen LogP contribution is -2.48. The summed E-state index contributed by atoms with van der Waals surface area (Å²) in [6.45, 7) is 10.6. The second-order valence-electron chi connectivity index (χ2n) is 8.29. The van der Waals surface area contributed by atoms with Gasteiger partial charge in [0.05, 0.1) is 12.0 Å². The van der Waals surface area contributed by atoms with Gasteiger partial charge in [-0.1, -0.05) is 26.0 Å². The molecule has 3 heteroatoms. The van der Waals surface area contributed by atoms with Gasteiger partial charge in [0.25, 0.3) is 0 Å². The third-order valence-electron chi connectivity index (χ3n) is 7.03. The van der Waals surface area contributed by atoms with Crippen LogP contribution in [0.1, 0.15) is 65.7 Å². The molecule has 1 saturated heterocycles. The van der Waals surface area contributed by atoms with E-state index in [-0.39, 0.29) is 29.3 Å². The lowest BCUT2D eigenvalue weighted by Gasteiger charge is -2.52. The van der Waals surface area contributed by atoms with Gasteiger partial charge in [-0.2, -0.15) is 0 Å². The Labute approximate surface area is 134 Å². The minimum Gasteiger partial charge on any atom is -0.462 e. The number of carbonyl (C=O) groups excluding carboxylic acids is 1. The van der Waals surface area contributed by atoms with E-state index < -0.39 is 5.60 Å². The molecule has 6 unspecified atom stereocenters. The van der Waals surface area contributed by atoms with E-state index in [4.69, 9.17) is 4.74 Å². The lowest BCUT2D eigenvalue weighted by atomic mass is 9.53. The molecule has 6 atom stereocenters. The van der Waals surface area contributed by atoms with Gasteiger partial charge in [0.15, 0.2) is 0 Å². The number of esters is 1. The van der Waals surface area contributed by atoms with Crippen molar-refractivity contribution in [1.82, 2.24) is 0 Å². The Balaban J connectivity index is 1.89. The number of fused-ring (bicyclic) bond motifs is 2. The highest BCUT2D eigenvalue weighted by Gasteiger charge is 2.51. The molecule has 3 nitrogen and oxygen atoms in total. The zero-order valence-electron chi connectivity index (χ0n) is 14.2. The zero-order valence-corrected chi connectivity index (χ0v) is 14.2. The molecule has 0 aromatic carbocycles. The minimum atomic E-state index is -0.753. The molecule has 0 bridgehead atoms. The fourth-order valence-electron chi connectivity index (χ4n) is 5.18. The van der Waals surface area contributed by atoms with Gasteiger partial charge in [-0.3, -0.25) is 4.79 Å². The summed E-state index contributed by atoms with van der Waals surface area (Å²) >= 11 is 0. The van der Waals surface area contributed by atoms with Crippen LogP contribution in [-0.2, 0) is 9.53 Å². The molecule has 1 N–H and O–H groups in total. The molecule has 3 aliphatic rings. The average molecular weight is 306 g/mol. The summed E-state index contributed by atoms with van der Waals surface area (Å²) in [5, 5.41) is 11.1. The molecule has 2 saturated carbocycles. The summed E-state index contributed by atoms with van der Waals surface area (Å²) in [6.07, 6.45) is 6.32. The van der Waals surface area contributed by atoms with E-state index in [2.05, 4.69) is 20.4 Å². The number of rotatable bonds is 1. The molecule has 0 aromatic rings. The summed E-state index contributed by atoms with van der Waals surface area (Å²) in [6, 6.07) is 0. The van der Waals surface area contributed by atoms with E-state index in [1.807, 2.05) is 6.92 Å². The number of ether oxygens (including phenoxy) is 1. The van der Waals surface area contributed by atoms with Gasteiger partial charge in [-0.25, -0.2) is 0 Å². The summed E-state index contributed by atoms with van der Waals surface area (Å²) < 4.78 is 5.65. The van der Waals surface area contributed by atoms with Crippen LogP contribution < -0.4 is 0 Å². The highest BCUT2D eigenvalue weighted by molar-refractivity contribution is 5.72. The molecule has 1 heterocycles. The molecule has 3 rings (SSSR count). The van der Waals surface area contributed by atoms with E-state index >= 15 is 0 Å². The number of allylic oxidation sites excluding steroid dienone is 1. The van der Waals surface area contributed by atoms with Crippen molar-refractivity contribution in [2.24, 2.45) is 23.2 Å². The van der Waals surface area contributed by atoms with Crippen LogP contribution in [0.2, 0.25) is 0 Å². The molecule has 1 aliphatic heterocycles. The van der Waals surface area contributed by atoms with Crippen molar-refractivity contribution in [3.05, 3.63) is 12.2 Å². The quantitative estimate of drug-likeness (QED) is 0.591. The lowest BCUT2D eigenvalue weighted by molar-refractivity contribution is -0.150. The third kappa shape index (κ3) is 2.42. The van der Waals surface area contributed by atoms with E-state index in [0.717, 1.165) is 38.5 Å². The monoisotopic (exact) mass is 306 g/mol. The van der Waals surface area contributed by atoms with Crippen molar-refractivity contribution >= 4 is 5.97 Å². The van der Waals surface area contributed by atoms with Gasteiger partial charge < -0.3 is 9.84 Å². The third-order valence-corrected chi connectivity index (χ3v) is 7.03.